The second-order valence-corrected chi connectivity index (χ2v) is 8.19. The number of benzene rings is 3. The summed E-state index contributed by atoms with van der Waals surface area (Å²) < 4.78 is 30.4. The van der Waals surface area contributed by atoms with Gasteiger partial charge in [-0.05, 0) is 59.1 Å². The lowest BCUT2D eigenvalue weighted by molar-refractivity contribution is 0.100. The molecule has 0 aliphatic heterocycles. The van der Waals surface area contributed by atoms with E-state index in [2.05, 4.69) is 0 Å². The molecule has 0 aromatic heterocycles. The van der Waals surface area contributed by atoms with Gasteiger partial charge in [-0.3, -0.25) is 4.79 Å². The smallest absolute Gasteiger partial charge is 0.249 e. The number of halogens is 3. The van der Waals surface area contributed by atoms with Gasteiger partial charge in [-0.15, -0.1) is 0 Å². The van der Waals surface area contributed by atoms with E-state index in [1.165, 1.54) is 12.1 Å². The van der Waals surface area contributed by atoms with Gasteiger partial charge in [0.25, 0.3) is 0 Å². The number of rotatable bonds is 4. The van der Waals surface area contributed by atoms with Gasteiger partial charge in [0.15, 0.2) is 0 Å². The SMILES string of the molecule is CCc1ccc(C(N)=O)c(-c2c(Cl)c(F)cc3c2[C@H](C)C(c2ccccc2)C3)c1F. The van der Waals surface area contributed by atoms with Crippen LogP contribution < -0.4 is 5.73 Å². The van der Waals surface area contributed by atoms with Crippen LogP contribution >= 0.6 is 11.6 Å². The normalized spacial score (nSPS) is 17.8. The predicted molar refractivity (Wildman–Crippen MR) is 116 cm³/mol. The minimum Gasteiger partial charge on any atom is -0.366 e. The summed E-state index contributed by atoms with van der Waals surface area (Å²) in [6.45, 7) is 3.85. The molecule has 0 spiro atoms. The van der Waals surface area contributed by atoms with Gasteiger partial charge in [0.1, 0.15) is 11.6 Å². The Bertz CT molecular complexity index is 1140. The largest absolute Gasteiger partial charge is 0.366 e. The summed E-state index contributed by atoms with van der Waals surface area (Å²) in [5.41, 5.74) is 8.93. The standard InChI is InChI=1S/C25H22ClF2NO/c1-3-14-9-10-17(25(29)30)21(24(14)28)22-20-13(2)18(15-7-5-4-6-8-15)11-16(20)12-19(27)23(22)26/h4-10,12-13,18H,3,11H2,1-2H3,(H2,29,30)/t13-,18?/m1/s1. The van der Waals surface area contributed by atoms with Gasteiger partial charge >= 0.3 is 0 Å². The van der Waals surface area contributed by atoms with Crippen molar-refractivity contribution in [2.75, 3.05) is 0 Å². The fourth-order valence-electron chi connectivity index (χ4n) is 4.69. The van der Waals surface area contributed by atoms with Gasteiger partial charge in [0.2, 0.25) is 5.91 Å². The fourth-order valence-corrected chi connectivity index (χ4v) is 4.94. The van der Waals surface area contributed by atoms with Gasteiger partial charge in [0.05, 0.1) is 5.02 Å². The summed E-state index contributed by atoms with van der Waals surface area (Å²) in [6, 6.07) is 14.4. The molecule has 1 aliphatic rings. The van der Waals surface area contributed by atoms with Crippen LogP contribution in [0.3, 0.4) is 0 Å². The van der Waals surface area contributed by atoms with Crippen molar-refractivity contribution in [2.45, 2.75) is 38.5 Å². The highest BCUT2D eigenvalue weighted by Gasteiger charge is 2.36. The summed E-state index contributed by atoms with van der Waals surface area (Å²) in [6.07, 6.45) is 1.04. The van der Waals surface area contributed by atoms with Crippen molar-refractivity contribution < 1.29 is 13.6 Å². The quantitative estimate of drug-likeness (QED) is 0.517. The molecule has 4 rings (SSSR count). The number of amides is 1. The number of primary amides is 1. The third-order valence-corrected chi connectivity index (χ3v) is 6.56. The van der Waals surface area contributed by atoms with E-state index in [4.69, 9.17) is 17.3 Å². The highest BCUT2D eigenvalue weighted by Crippen LogP contribution is 2.51. The Morgan fingerprint density at radius 2 is 1.83 bits per heavy atom. The van der Waals surface area contributed by atoms with Crippen LogP contribution in [0.15, 0.2) is 48.5 Å². The van der Waals surface area contributed by atoms with Crippen LogP contribution in [0.25, 0.3) is 11.1 Å². The highest BCUT2D eigenvalue weighted by atomic mass is 35.5. The van der Waals surface area contributed by atoms with Gasteiger partial charge in [-0.1, -0.05) is 61.8 Å². The van der Waals surface area contributed by atoms with Crippen molar-refractivity contribution in [3.8, 4) is 11.1 Å². The molecule has 3 aromatic carbocycles. The molecule has 2 N–H and O–H groups in total. The third kappa shape index (κ3) is 3.20. The maximum atomic E-state index is 15.5. The average Bonchev–Trinajstić information content (AvgIpc) is 3.05. The number of carbonyl (C=O) groups excluding carboxylic acids is 1. The van der Waals surface area contributed by atoms with E-state index >= 15 is 4.39 Å². The molecule has 2 atom stereocenters. The Balaban J connectivity index is 2.01. The second kappa shape index (κ2) is 7.84. The van der Waals surface area contributed by atoms with Gasteiger partial charge in [-0.25, -0.2) is 8.78 Å². The number of hydrogen-bond donors (Lipinski definition) is 1. The number of hydrogen-bond acceptors (Lipinski definition) is 1. The van der Waals surface area contributed by atoms with E-state index < -0.39 is 17.5 Å². The van der Waals surface area contributed by atoms with Crippen LogP contribution in [0.4, 0.5) is 8.78 Å². The zero-order valence-electron chi connectivity index (χ0n) is 16.8. The molecule has 3 aromatic rings. The Labute approximate surface area is 179 Å². The summed E-state index contributed by atoms with van der Waals surface area (Å²) in [7, 11) is 0. The number of fused-ring (bicyclic) bond motifs is 1. The van der Waals surface area contributed by atoms with Crippen LogP contribution in [0.5, 0.6) is 0 Å². The molecule has 0 heterocycles. The van der Waals surface area contributed by atoms with Crippen molar-refractivity contribution in [2.24, 2.45) is 5.73 Å². The van der Waals surface area contributed by atoms with E-state index in [-0.39, 0.29) is 33.5 Å². The maximum Gasteiger partial charge on any atom is 0.249 e. The number of carbonyl (C=O) groups is 1. The first-order valence-electron chi connectivity index (χ1n) is 10.0. The monoisotopic (exact) mass is 425 g/mol. The topological polar surface area (TPSA) is 43.1 Å². The van der Waals surface area contributed by atoms with Crippen LogP contribution in [0.1, 0.15) is 58.3 Å². The van der Waals surface area contributed by atoms with E-state index in [0.717, 1.165) is 16.7 Å². The van der Waals surface area contributed by atoms with Crippen LogP contribution in [-0.4, -0.2) is 5.91 Å². The molecule has 0 saturated carbocycles. The summed E-state index contributed by atoms with van der Waals surface area (Å²) in [5, 5.41) is -0.177. The molecule has 1 aliphatic carbocycles. The van der Waals surface area contributed by atoms with Crippen molar-refractivity contribution >= 4 is 17.5 Å². The molecule has 5 heteroatoms. The summed E-state index contributed by atoms with van der Waals surface area (Å²) in [5.74, 6) is -1.90. The first-order valence-corrected chi connectivity index (χ1v) is 10.4. The predicted octanol–water partition coefficient (Wildman–Crippen LogP) is 6.39. The summed E-state index contributed by atoms with van der Waals surface area (Å²) in [4.78, 5) is 12.1. The molecule has 0 saturated heterocycles. The maximum absolute atomic E-state index is 15.5. The molecule has 2 nitrogen and oxygen atoms in total. The minimum absolute atomic E-state index is 0.00293. The molecule has 154 valence electrons. The van der Waals surface area contributed by atoms with E-state index in [9.17, 15) is 9.18 Å². The van der Waals surface area contributed by atoms with Gasteiger partial charge in [-0.2, -0.15) is 0 Å². The van der Waals surface area contributed by atoms with Crippen LogP contribution in [0, 0.1) is 11.6 Å². The van der Waals surface area contributed by atoms with Crippen molar-refractivity contribution in [3.05, 3.63) is 93.0 Å². The number of aryl methyl sites for hydroxylation is 1. The van der Waals surface area contributed by atoms with Crippen molar-refractivity contribution in [3.63, 3.8) is 0 Å². The Morgan fingerprint density at radius 1 is 1.13 bits per heavy atom. The molecule has 0 bridgehead atoms. The van der Waals surface area contributed by atoms with Crippen molar-refractivity contribution in [1.82, 2.24) is 0 Å². The molecule has 0 radical (unpaired) electrons. The lowest BCUT2D eigenvalue weighted by Crippen LogP contribution is -2.15. The molecular formula is C25H22ClF2NO. The van der Waals surface area contributed by atoms with Gasteiger partial charge < -0.3 is 5.73 Å². The molecular weight excluding hydrogens is 404 g/mol. The van der Waals surface area contributed by atoms with Crippen LogP contribution in [0.2, 0.25) is 5.02 Å². The van der Waals surface area contributed by atoms with Crippen molar-refractivity contribution in [1.29, 1.82) is 0 Å². The van der Waals surface area contributed by atoms with Crippen LogP contribution in [-0.2, 0) is 12.8 Å². The molecule has 1 unspecified atom stereocenters. The average molecular weight is 426 g/mol. The first kappa shape index (κ1) is 20.5. The summed E-state index contributed by atoms with van der Waals surface area (Å²) >= 11 is 6.42. The Morgan fingerprint density at radius 3 is 2.47 bits per heavy atom. The molecule has 0 fully saturated rings. The zero-order valence-corrected chi connectivity index (χ0v) is 17.6. The zero-order chi connectivity index (χ0) is 21.6. The molecule has 1 amide bonds. The minimum atomic E-state index is -0.772. The first-order chi connectivity index (χ1) is 14.3. The lowest BCUT2D eigenvalue weighted by Gasteiger charge is -2.21. The highest BCUT2D eigenvalue weighted by molar-refractivity contribution is 6.34. The Hall–Kier alpha value is -2.72. The van der Waals surface area contributed by atoms with Gasteiger partial charge in [0, 0.05) is 16.7 Å². The lowest BCUT2D eigenvalue weighted by atomic mass is 9.84. The Kier molecular flexibility index (Phi) is 5.37. The van der Waals surface area contributed by atoms with E-state index in [1.807, 2.05) is 44.2 Å². The molecule has 30 heavy (non-hydrogen) atoms. The number of nitrogens with two attached hydrogens (primary N) is 1. The third-order valence-electron chi connectivity index (χ3n) is 6.19. The second-order valence-electron chi connectivity index (χ2n) is 7.81. The van der Waals surface area contributed by atoms with E-state index in [1.54, 1.807) is 6.07 Å². The fraction of sp³-hybridized carbons (Fsp3) is 0.240. The van der Waals surface area contributed by atoms with E-state index in [0.29, 0.717) is 18.4 Å².